The van der Waals surface area contributed by atoms with Gasteiger partial charge < -0.3 is 14.8 Å². The Balaban J connectivity index is 1.86. The van der Waals surface area contributed by atoms with Gasteiger partial charge in [0.1, 0.15) is 0 Å². The van der Waals surface area contributed by atoms with Crippen LogP contribution in [-0.4, -0.2) is 50.3 Å². The lowest BCUT2D eigenvalue weighted by atomic mass is 9.95. The van der Waals surface area contributed by atoms with Crippen molar-refractivity contribution < 1.29 is 9.47 Å². The van der Waals surface area contributed by atoms with Gasteiger partial charge in [-0.3, -0.25) is 9.88 Å². The number of nitrogens with one attached hydrogen (secondary N) is 1. The predicted octanol–water partition coefficient (Wildman–Crippen LogP) is 3.25. The van der Waals surface area contributed by atoms with Crippen LogP contribution in [0.5, 0.6) is 11.5 Å². The summed E-state index contributed by atoms with van der Waals surface area (Å²) in [5.41, 5.74) is 3.29. The molecule has 1 N–H and O–H groups in total. The lowest BCUT2D eigenvalue weighted by Crippen LogP contribution is -2.45. The molecule has 1 aliphatic heterocycles. The van der Waals surface area contributed by atoms with Crippen molar-refractivity contribution in [2.24, 2.45) is 0 Å². The summed E-state index contributed by atoms with van der Waals surface area (Å²) in [6.45, 7) is 3.89. The van der Waals surface area contributed by atoms with Gasteiger partial charge in [-0.2, -0.15) is 0 Å². The maximum absolute atomic E-state index is 5.76. The van der Waals surface area contributed by atoms with Crippen molar-refractivity contribution in [1.82, 2.24) is 15.2 Å². The van der Waals surface area contributed by atoms with Crippen LogP contribution in [0.4, 0.5) is 0 Å². The first-order chi connectivity index (χ1) is 13.3. The molecule has 1 atom stereocenters. The molecule has 140 valence electrons. The van der Waals surface area contributed by atoms with Gasteiger partial charge >= 0.3 is 0 Å². The Kier molecular flexibility index (Phi) is 5.23. The predicted molar refractivity (Wildman–Crippen MR) is 108 cm³/mol. The van der Waals surface area contributed by atoms with Crippen molar-refractivity contribution in [2.75, 3.05) is 40.4 Å². The fraction of sp³-hybridized carbons (Fsp3) is 0.318. The Morgan fingerprint density at radius 1 is 1.00 bits per heavy atom. The molecule has 0 saturated carbocycles. The zero-order valence-corrected chi connectivity index (χ0v) is 15.8. The van der Waals surface area contributed by atoms with Crippen LogP contribution >= 0.6 is 0 Å². The third kappa shape index (κ3) is 3.48. The molecule has 1 saturated heterocycles. The number of fused-ring (bicyclic) bond motifs is 1. The van der Waals surface area contributed by atoms with E-state index in [1.54, 1.807) is 14.2 Å². The largest absolute Gasteiger partial charge is 0.493 e. The van der Waals surface area contributed by atoms with E-state index in [1.165, 1.54) is 5.56 Å². The van der Waals surface area contributed by atoms with E-state index in [-0.39, 0.29) is 6.04 Å². The van der Waals surface area contributed by atoms with Crippen molar-refractivity contribution in [3.8, 4) is 11.5 Å². The van der Waals surface area contributed by atoms with Crippen LogP contribution in [0, 0.1) is 0 Å². The summed E-state index contributed by atoms with van der Waals surface area (Å²) in [6, 6.07) is 16.6. The first-order valence-electron chi connectivity index (χ1n) is 9.32. The summed E-state index contributed by atoms with van der Waals surface area (Å²) in [5, 5.41) is 4.59. The van der Waals surface area contributed by atoms with Crippen LogP contribution in [-0.2, 0) is 0 Å². The molecular weight excluding hydrogens is 338 g/mol. The molecule has 0 amide bonds. The van der Waals surface area contributed by atoms with E-state index in [9.17, 15) is 0 Å². The van der Waals surface area contributed by atoms with E-state index >= 15 is 0 Å². The van der Waals surface area contributed by atoms with Crippen molar-refractivity contribution in [3.05, 3.63) is 65.9 Å². The van der Waals surface area contributed by atoms with E-state index in [0.29, 0.717) is 0 Å². The van der Waals surface area contributed by atoms with Crippen molar-refractivity contribution in [2.45, 2.75) is 6.04 Å². The molecule has 5 nitrogen and oxygen atoms in total. The molecule has 5 heteroatoms. The molecular formula is C22H25N3O2. The smallest absolute Gasteiger partial charge is 0.165 e. The van der Waals surface area contributed by atoms with Gasteiger partial charge in [-0.1, -0.05) is 30.3 Å². The lowest BCUT2D eigenvalue weighted by molar-refractivity contribution is 0.194. The van der Waals surface area contributed by atoms with Gasteiger partial charge in [-0.05, 0) is 23.8 Å². The van der Waals surface area contributed by atoms with Crippen LogP contribution < -0.4 is 14.8 Å². The third-order valence-corrected chi connectivity index (χ3v) is 5.17. The van der Waals surface area contributed by atoms with Gasteiger partial charge in [0.25, 0.3) is 0 Å². The van der Waals surface area contributed by atoms with Gasteiger partial charge in [-0.15, -0.1) is 0 Å². The topological polar surface area (TPSA) is 46.6 Å². The van der Waals surface area contributed by atoms with E-state index in [1.807, 2.05) is 30.5 Å². The molecule has 1 aromatic heterocycles. The Bertz CT molecular complexity index is 922. The van der Waals surface area contributed by atoms with E-state index in [2.05, 4.69) is 34.5 Å². The normalized spacial score (nSPS) is 16.2. The Labute approximate surface area is 159 Å². The minimum absolute atomic E-state index is 0.0641. The molecule has 0 spiro atoms. The minimum atomic E-state index is 0.0641. The standard InChI is InChI=1S/C22H25N3O2/c1-26-20-9-5-7-18(22(20)27-2)21(25-12-10-23-11-13-25)17-14-16-6-3-4-8-19(16)24-15-17/h3-9,14-15,21,23H,10-13H2,1-2H3. The van der Waals surface area contributed by atoms with Crippen LogP contribution in [0.15, 0.2) is 54.7 Å². The highest BCUT2D eigenvalue weighted by atomic mass is 16.5. The first-order valence-corrected chi connectivity index (χ1v) is 9.32. The quantitative estimate of drug-likeness (QED) is 0.754. The fourth-order valence-corrected chi connectivity index (χ4v) is 3.89. The molecule has 1 fully saturated rings. The highest BCUT2D eigenvalue weighted by molar-refractivity contribution is 5.79. The molecule has 3 aromatic rings. The van der Waals surface area contributed by atoms with Crippen molar-refractivity contribution >= 4 is 10.9 Å². The summed E-state index contributed by atoms with van der Waals surface area (Å²) >= 11 is 0. The average Bonchev–Trinajstić information content (AvgIpc) is 2.74. The summed E-state index contributed by atoms with van der Waals surface area (Å²) in [7, 11) is 3.38. The molecule has 4 rings (SSSR count). The molecule has 0 bridgehead atoms. The number of hydrogen-bond acceptors (Lipinski definition) is 5. The molecule has 2 aromatic carbocycles. The summed E-state index contributed by atoms with van der Waals surface area (Å²) < 4.78 is 11.3. The Hall–Kier alpha value is -2.63. The second kappa shape index (κ2) is 7.94. The molecule has 1 unspecified atom stereocenters. The third-order valence-electron chi connectivity index (χ3n) is 5.17. The highest BCUT2D eigenvalue weighted by Gasteiger charge is 2.28. The second-order valence-corrected chi connectivity index (χ2v) is 6.73. The van der Waals surface area contributed by atoms with E-state index in [4.69, 9.17) is 14.5 Å². The Morgan fingerprint density at radius 3 is 2.59 bits per heavy atom. The molecule has 1 aliphatic rings. The van der Waals surface area contributed by atoms with Crippen LogP contribution in [0.25, 0.3) is 10.9 Å². The number of rotatable bonds is 5. The lowest BCUT2D eigenvalue weighted by Gasteiger charge is -2.36. The zero-order chi connectivity index (χ0) is 18.6. The average molecular weight is 363 g/mol. The van der Waals surface area contributed by atoms with Gasteiger partial charge in [-0.25, -0.2) is 0 Å². The molecule has 0 radical (unpaired) electrons. The van der Waals surface area contributed by atoms with Gasteiger partial charge in [0.2, 0.25) is 0 Å². The number of benzene rings is 2. The monoisotopic (exact) mass is 363 g/mol. The number of pyridine rings is 1. The maximum Gasteiger partial charge on any atom is 0.165 e. The van der Waals surface area contributed by atoms with Crippen LogP contribution in [0.2, 0.25) is 0 Å². The number of ether oxygens (including phenoxy) is 2. The SMILES string of the molecule is COc1cccc(C(c2cnc3ccccc3c2)N2CCNCC2)c1OC. The van der Waals surface area contributed by atoms with Crippen molar-refractivity contribution in [3.63, 3.8) is 0 Å². The fourth-order valence-electron chi connectivity index (χ4n) is 3.89. The summed E-state index contributed by atoms with van der Waals surface area (Å²) in [5.74, 6) is 1.54. The second-order valence-electron chi connectivity index (χ2n) is 6.73. The van der Waals surface area contributed by atoms with Gasteiger partial charge in [0, 0.05) is 43.3 Å². The number of aromatic nitrogens is 1. The van der Waals surface area contributed by atoms with E-state index < -0.39 is 0 Å². The number of hydrogen-bond donors (Lipinski definition) is 1. The molecule has 2 heterocycles. The minimum Gasteiger partial charge on any atom is -0.493 e. The Morgan fingerprint density at radius 2 is 1.81 bits per heavy atom. The van der Waals surface area contributed by atoms with Crippen LogP contribution in [0.1, 0.15) is 17.2 Å². The van der Waals surface area contributed by atoms with Crippen molar-refractivity contribution in [1.29, 1.82) is 0 Å². The molecule has 0 aliphatic carbocycles. The first kappa shape index (κ1) is 17.8. The van der Waals surface area contributed by atoms with Crippen LogP contribution in [0.3, 0.4) is 0 Å². The zero-order valence-electron chi connectivity index (χ0n) is 15.8. The number of para-hydroxylation sites is 2. The maximum atomic E-state index is 5.76. The van der Waals surface area contributed by atoms with E-state index in [0.717, 1.165) is 54.1 Å². The number of nitrogens with zero attached hydrogens (tertiary/aromatic N) is 2. The molecule has 27 heavy (non-hydrogen) atoms. The number of methoxy groups -OCH3 is 2. The van der Waals surface area contributed by atoms with Gasteiger partial charge in [0.05, 0.1) is 25.8 Å². The summed E-state index contributed by atoms with van der Waals surface area (Å²) in [4.78, 5) is 7.19. The summed E-state index contributed by atoms with van der Waals surface area (Å²) in [6.07, 6.45) is 1.99. The highest BCUT2D eigenvalue weighted by Crippen LogP contribution is 2.40. The van der Waals surface area contributed by atoms with Gasteiger partial charge in [0.15, 0.2) is 11.5 Å². The number of piperazine rings is 1.